The summed E-state index contributed by atoms with van der Waals surface area (Å²) in [6.45, 7) is 2.62. The van der Waals surface area contributed by atoms with Crippen molar-refractivity contribution in [1.82, 2.24) is 19.5 Å². The van der Waals surface area contributed by atoms with Gasteiger partial charge in [0.1, 0.15) is 0 Å². The van der Waals surface area contributed by atoms with Crippen molar-refractivity contribution >= 4 is 17.2 Å². The molecule has 0 bridgehead atoms. The van der Waals surface area contributed by atoms with Crippen LogP contribution in [0.25, 0.3) is 5.65 Å². The Kier molecular flexibility index (Phi) is 4.24. The number of aromatic amines is 1. The minimum Gasteiger partial charge on any atom is -0.305 e. The van der Waals surface area contributed by atoms with Gasteiger partial charge in [0.25, 0.3) is 5.56 Å². The van der Waals surface area contributed by atoms with Crippen LogP contribution in [0.5, 0.6) is 0 Å². The molecule has 120 valence electrons. The molecule has 0 unspecified atom stereocenters. The standard InChI is InChI=1S/C17H19ClN4O/c1-11-15(8-12-4-6-14(18)7-5-12)17(23)22-16(20-11)13(9-19-22)10-21(2)3/h4-7,9,19H,8,10H2,1-3H3. The molecule has 0 saturated carbocycles. The lowest BCUT2D eigenvalue weighted by Gasteiger charge is -2.09. The van der Waals surface area contributed by atoms with Crippen LogP contribution in [-0.2, 0) is 13.0 Å². The molecule has 0 aliphatic rings. The number of nitrogens with zero attached hydrogens (tertiary/aromatic N) is 3. The van der Waals surface area contributed by atoms with E-state index in [-0.39, 0.29) is 5.56 Å². The fourth-order valence-electron chi connectivity index (χ4n) is 2.67. The first-order valence-corrected chi connectivity index (χ1v) is 7.81. The van der Waals surface area contributed by atoms with Crippen molar-refractivity contribution in [2.75, 3.05) is 14.1 Å². The lowest BCUT2D eigenvalue weighted by molar-refractivity contribution is 0.403. The zero-order chi connectivity index (χ0) is 16.6. The fraction of sp³-hybridized carbons (Fsp3) is 0.294. The Hall–Kier alpha value is -2.11. The summed E-state index contributed by atoms with van der Waals surface area (Å²) in [7, 11) is 3.98. The molecule has 0 atom stereocenters. The fourth-order valence-corrected chi connectivity index (χ4v) is 2.80. The van der Waals surface area contributed by atoms with Gasteiger partial charge < -0.3 is 4.90 Å². The summed E-state index contributed by atoms with van der Waals surface area (Å²) < 4.78 is 1.52. The van der Waals surface area contributed by atoms with Gasteiger partial charge in [-0.25, -0.2) is 9.50 Å². The number of halogens is 1. The average Bonchev–Trinajstić information content (AvgIpc) is 2.88. The zero-order valence-corrected chi connectivity index (χ0v) is 14.2. The summed E-state index contributed by atoms with van der Waals surface area (Å²) in [5, 5.41) is 3.71. The van der Waals surface area contributed by atoms with Gasteiger partial charge in [0.2, 0.25) is 0 Å². The highest BCUT2D eigenvalue weighted by Crippen LogP contribution is 2.15. The van der Waals surface area contributed by atoms with Crippen molar-refractivity contribution in [3.05, 3.63) is 68.2 Å². The molecule has 2 aromatic heterocycles. The third kappa shape index (κ3) is 3.16. The highest BCUT2D eigenvalue weighted by Gasteiger charge is 2.14. The zero-order valence-electron chi connectivity index (χ0n) is 13.4. The molecule has 23 heavy (non-hydrogen) atoms. The van der Waals surface area contributed by atoms with Crippen LogP contribution in [0.4, 0.5) is 0 Å². The van der Waals surface area contributed by atoms with Gasteiger partial charge >= 0.3 is 0 Å². The Bertz CT molecular complexity index is 893. The maximum absolute atomic E-state index is 12.8. The van der Waals surface area contributed by atoms with Crippen molar-refractivity contribution in [1.29, 1.82) is 0 Å². The monoisotopic (exact) mass is 330 g/mol. The van der Waals surface area contributed by atoms with Gasteiger partial charge in [0.05, 0.1) is 0 Å². The number of hydrogen-bond acceptors (Lipinski definition) is 3. The molecule has 0 amide bonds. The second-order valence-electron chi connectivity index (χ2n) is 5.98. The first-order chi connectivity index (χ1) is 11.0. The third-order valence-corrected chi connectivity index (χ3v) is 4.07. The lowest BCUT2D eigenvalue weighted by Crippen LogP contribution is -2.22. The van der Waals surface area contributed by atoms with Crippen molar-refractivity contribution in [2.24, 2.45) is 0 Å². The number of fused-ring (bicyclic) bond motifs is 1. The van der Waals surface area contributed by atoms with Gasteiger partial charge in [-0.15, -0.1) is 0 Å². The van der Waals surface area contributed by atoms with Gasteiger partial charge in [-0.1, -0.05) is 23.7 Å². The summed E-state index contributed by atoms with van der Waals surface area (Å²) in [6, 6.07) is 7.53. The van der Waals surface area contributed by atoms with E-state index in [4.69, 9.17) is 11.6 Å². The molecule has 3 aromatic rings. The van der Waals surface area contributed by atoms with Crippen LogP contribution >= 0.6 is 11.6 Å². The lowest BCUT2D eigenvalue weighted by atomic mass is 10.1. The number of rotatable bonds is 4. The van der Waals surface area contributed by atoms with E-state index >= 15 is 0 Å². The van der Waals surface area contributed by atoms with Gasteiger partial charge in [-0.2, -0.15) is 0 Å². The second kappa shape index (κ2) is 6.18. The van der Waals surface area contributed by atoms with Gasteiger partial charge in [0.15, 0.2) is 5.65 Å². The largest absolute Gasteiger partial charge is 0.305 e. The Balaban J connectivity index is 2.05. The molecule has 5 nitrogen and oxygen atoms in total. The number of H-pyrrole nitrogens is 1. The summed E-state index contributed by atoms with van der Waals surface area (Å²) >= 11 is 5.91. The first kappa shape index (κ1) is 15.8. The van der Waals surface area contributed by atoms with Gasteiger partial charge in [-0.3, -0.25) is 9.89 Å². The molecule has 0 aliphatic heterocycles. The van der Waals surface area contributed by atoms with Crippen LogP contribution in [0.15, 0.2) is 35.3 Å². The normalized spacial score (nSPS) is 11.5. The van der Waals surface area contributed by atoms with E-state index in [9.17, 15) is 4.79 Å². The third-order valence-electron chi connectivity index (χ3n) is 3.82. The second-order valence-corrected chi connectivity index (χ2v) is 6.42. The maximum atomic E-state index is 12.8. The van der Waals surface area contributed by atoms with Crippen LogP contribution in [0.2, 0.25) is 5.02 Å². The minimum absolute atomic E-state index is 0.0487. The van der Waals surface area contributed by atoms with Crippen molar-refractivity contribution in [3.63, 3.8) is 0 Å². The topological polar surface area (TPSA) is 53.4 Å². The van der Waals surface area contributed by atoms with Gasteiger partial charge in [-0.05, 0) is 38.7 Å². The maximum Gasteiger partial charge on any atom is 0.276 e. The molecule has 0 fully saturated rings. The Morgan fingerprint density at radius 2 is 1.96 bits per heavy atom. The molecule has 6 heteroatoms. The molecule has 1 N–H and O–H groups in total. The highest BCUT2D eigenvalue weighted by atomic mass is 35.5. The van der Waals surface area contributed by atoms with E-state index in [1.807, 2.05) is 56.4 Å². The van der Waals surface area contributed by atoms with Crippen molar-refractivity contribution in [3.8, 4) is 0 Å². The number of hydrogen-bond donors (Lipinski definition) is 1. The summed E-state index contributed by atoms with van der Waals surface area (Å²) in [5.74, 6) is 0. The Labute approximate surface area is 139 Å². The first-order valence-electron chi connectivity index (χ1n) is 7.43. The molecule has 0 aliphatic carbocycles. The Morgan fingerprint density at radius 1 is 1.26 bits per heavy atom. The van der Waals surface area contributed by atoms with E-state index in [2.05, 4.69) is 10.1 Å². The van der Waals surface area contributed by atoms with Crippen LogP contribution in [0.3, 0.4) is 0 Å². The number of nitrogens with one attached hydrogen (secondary N) is 1. The van der Waals surface area contributed by atoms with Crippen molar-refractivity contribution in [2.45, 2.75) is 19.9 Å². The van der Waals surface area contributed by atoms with Crippen LogP contribution < -0.4 is 5.56 Å². The van der Waals surface area contributed by atoms with E-state index in [1.54, 1.807) is 0 Å². The average molecular weight is 331 g/mol. The summed E-state index contributed by atoms with van der Waals surface area (Å²) in [5.41, 5.74) is 4.16. The molecule has 2 heterocycles. The van der Waals surface area contributed by atoms with Crippen molar-refractivity contribution < 1.29 is 0 Å². The Morgan fingerprint density at radius 3 is 2.61 bits per heavy atom. The molecule has 1 aromatic carbocycles. The molecular weight excluding hydrogens is 312 g/mol. The molecule has 0 radical (unpaired) electrons. The predicted octanol–water partition coefficient (Wildman–Crippen LogP) is 2.64. The van der Waals surface area contributed by atoms with Gasteiger partial charge in [0, 0.05) is 41.0 Å². The van der Waals surface area contributed by atoms with E-state index in [1.165, 1.54) is 4.52 Å². The van der Waals surface area contributed by atoms with Crippen LogP contribution in [0, 0.1) is 6.92 Å². The molecule has 0 spiro atoms. The molecule has 3 rings (SSSR count). The van der Waals surface area contributed by atoms with E-state index in [0.717, 1.165) is 23.4 Å². The predicted molar refractivity (Wildman–Crippen MR) is 92.2 cm³/mol. The smallest absolute Gasteiger partial charge is 0.276 e. The number of aromatic nitrogens is 3. The minimum atomic E-state index is -0.0487. The molecular formula is C17H19ClN4O. The van der Waals surface area contributed by atoms with Crippen LogP contribution in [0.1, 0.15) is 22.4 Å². The molecule has 0 saturated heterocycles. The highest BCUT2D eigenvalue weighted by molar-refractivity contribution is 6.30. The van der Waals surface area contributed by atoms with E-state index < -0.39 is 0 Å². The quantitative estimate of drug-likeness (QED) is 0.800. The number of aryl methyl sites for hydroxylation is 1. The SMILES string of the molecule is Cc1nc2c(CN(C)C)c[nH]n2c(=O)c1Cc1ccc(Cl)cc1. The summed E-state index contributed by atoms with van der Waals surface area (Å²) in [6.07, 6.45) is 2.38. The number of benzene rings is 1. The van der Waals surface area contributed by atoms with Crippen LogP contribution in [-0.4, -0.2) is 33.6 Å². The summed E-state index contributed by atoms with van der Waals surface area (Å²) in [4.78, 5) is 19.5. The van der Waals surface area contributed by atoms with E-state index in [0.29, 0.717) is 22.7 Å².